The highest BCUT2D eigenvalue weighted by Gasteiger charge is 2.04. The van der Waals surface area contributed by atoms with Gasteiger partial charge in [-0.1, -0.05) is 28.7 Å². The molecule has 2 N–H and O–H groups in total. The Labute approximate surface area is 107 Å². The molecule has 0 bridgehead atoms. The van der Waals surface area contributed by atoms with Gasteiger partial charge in [0.05, 0.1) is 5.69 Å². The molecule has 2 aromatic rings. The van der Waals surface area contributed by atoms with Crippen LogP contribution < -0.4 is 11.3 Å². The molecule has 0 spiro atoms. The zero-order chi connectivity index (χ0) is 11.5. The van der Waals surface area contributed by atoms with E-state index in [9.17, 15) is 4.79 Å². The van der Waals surface area contributed by atoms with E-state index in [0.717, 1.165) is 21.4 Å². The van der Waals surface area contributed by atoms with Gasteiger partial charge in [-0.05, 0) is 29.8 Å². The maximum Gasteiger partial charge on any atom is 0.255 e. The fraction of sp³-hybridized carbons (Fsp3) is 0.0833. The molecule has 0 atom stereocenters. The molecular formula is C12H11IN2O. The Morgan fingerprint density at radius 3 is 2.75 bits per heavy atom. The lowest BCUT2D eigenvalue weighted by atomic mass is 10.1. The summed E-state index contributed by atoms with van der Waals surface area (Å²) in [7, 11) is 0. The predicted molar refractivity (Wildman–Crippen MR) is 74.2 cm³/mol. The van der Waals surface area contributed by atoms with Crippen molar-refractivity contribution in [3.8, 4) is 5.69 Å². The minimum Gasteiger partial charge on any atom is -0.399 e. The molecule has 0 aliphatic heterocycles. The number of rotatable bonds is 2. The summed E-state index contributed by atoms with van der Waals surface area (Å²) in [5.74, 6) is 0. The summed E-state index contributed by atoms with van der Waals surface area (Å²) in [6, 6.07) is 10.7. The van der Waals surface area contributed by atoms with E-state index in [-0.39, 0.29) is 5.56 Å². The summed E-state index contributed by atoms with van der Waals surface area (Å²) in [4.78, 5) is 11.7. The number of hydrogen-bond donors (Lipinski definition) is 1. The lowest BCUT2D eigenvalue weighted by Crippen LogP contribution is -2.16. The molecule has 0 fully saturated rings. The van der Waals surface area contributed by atoms with Gasteiger partial charge in [0.25, 0.3) is 5.56 Å². The highest BCUT2D eigenvalue weighted by atomic mass is 127. The minimum absolute atomic E-state index is 0.0293. The molecule has 1 heterocycles. The molecular weight excluding hydrogens is 315 g/mol. The standard InChI is InChI=1S/C12H11IN2O/c13-8-9-7-10(14)4-5-11(9)15-6-2-1-3-12(15)16/h1-7H,8,14H2. The van der Waals surface area contributed by atoms with Crippen molar-refractivity contribution in [1.82, 2.24) is 4.57 Å². The SMILES string of the molecule is Nc1ccc(-n2ccccc2=O)c(CI)c1. The van der Waals surface area contributed by atoms with Crippen LogP contribution in [0.3, 0.4) is 0 Å². The molecule has 1 aromatic heterocycles. The number of halogens is 1. The first-order chi connectivity index (χ1) is 7.72. The number of aromatic nitrogens is 1. The van der Waals surface area contributed by atoms with Gasteiger partial charge in [0.2, 0.25) is 0 Å². The highest BCUT2D eigenvalue weighted by molar-refractivity contribution is 14.1. The Hall–Kier alpha value is -1.30. The number of pyridine rings is 1. The van der Waals surface area contributed by atoms with Gasteiger partial charge in [0, 0.05) is 22.4 Å². The van der Waals surface area contributed by atoms with Gasteiger partial charge in [-0.15, -0.1) is 0 Å². The topological polar surface area (TPSA) is 48.0 Å². The number of anilines is 1. The van der Waals surface area contributed by atoms with Crippen LogP contribution in [0.15, 0.2) is 47.4 Å². The molecule has 1 aromatic carbocycles. The van der Waals surface area contributed by atoms with E-state index in [0.29, 0.717) is 0 Å². The molecule has 16 heavy (non-hydrogen) atoms. The number of alkyl halides is 1. The molecule has 0 radical (unpaired) electrons. The summed E-state index contributed by atoms with van der Waals surface area (Å²) in [6.45, 7) is 0. The van der Waals surface area contributed by atoms with Crippen LogP contribution in [0.4, 0.5) is 5.69 Å². The third kappa shape index (κ3) is 2.11. The number of nitrogens with zero attached hydrogens (tertiary/aromatic N) is 1. The van der Waals surface area contributed by atoms with Crippen molar-refractivity contribution in [2.24, 2.45) is 0 Å². The molecule has 82 valence electrons. The summed E-state index contributed by atoms with van der Waals surface area (Å²) in [6.07, 6.45) is 1.77. The van der Waals surface area contributed by atoms with Gasteiger partial charge in [-0.3, -0.25) is 9.36 Å². The quantitative estimate of drug-likeness (QED) is 0.523. The van der Waals surface area contributed by atoms with E-state index < -0.39 is 0 Å². The third-order valence-corrected chi connectivity index (χ3v) is 3.15. The Bertz CT molecular complexity index is 563. The first-order valence-electron chi connectivity index (χ1n) is 4.85. The minimum atomic E-state index is -0.0293. The first-order valence-corrected chi connectivity index (χ1v) is 6.37. The van der Waals surface area contributed by atoms with Crippen molar-refractivity contribution in [3.05, 3.63) is 58.5 Å². The molecule has 0 aliphatic carbocycles. The van der Waals surface area contributed by atoms with E-state index >= 15 is 0 Å². The molecule has 2 rings (SSSR count). The second-order valence-electron chi connectivity index (χ2n) is 3.43. The summed E-state index contributed by atoms with van der Waals surface area (Å²) in [5.41, 5.74) is 8.38. The maximum absolute atomic E-state index is 11.7. The number of nitrogens with two attached hydrogens (primary N) is 1. The van der Waals surface area contributed by atoms with Crippen molar-refractivity contribution < 1.29 is 0 Å². The highest BCUT2D eigenvalue weighted by Crippen LogP contribution is 2.19. The van der Waals surface area contributed by atoms with Crippen molar-refractivity contribution in [2.45, 2.75) is 4.43 Å². The van der Waals surface area contributed by atoms with Gasteiger partial charge >= 0.3 is 0 Å². The largest absolute Gasteiger partial charge is 0.399 e. The molecule has 0 saturated heterocycles. The van der Waals surface area contributed by atoms with Crippen LogP contribution in [0.25, 0.3) is 5.69 Å². The normalized spacial score (nSPS) is 10.3. The fourth-order valence-electron chi connectivity index (χ4n) is 1.57. The Morgan fingerprint density at radius 1 is 1.25 bits per heavy atom. The van der Waals surface area contributed by atoms with Crippen molar-refractivity contribution in [2.75, 3.05) is 5.73 Å². The summed E-state index contributed by atoms with van der Waals surface area (Å²) < 4.78 is 2.45. The monoisotopic (exact) mass is 326 g/mol. The molecule has 0 saturated carbocycles. The Balaban J connectivity index is 2.65. The van der Waals surface area contributed by atoms with E-state index in [1.807, 2.05) is 24.3 Å². The van der Waals surface area contributed by atoms with Crippen LogP contribution in [-0.4, -0.2) is 4.57 Å². The van der Waals surface area contributed by atoms with Crippen LogP contribution in [0.2, 0.25) is 0 Å². The second-order valence-corrected chi connectivity index (χ2v) is 4.19. The maximum atomic E-state index is 11.7. The van der Waals surface area contributed by atoms with E-state index in [4.69, 9.17) is 5.73 Å². The average molecular weight is 326 g/mol. The lowest BCUT2D eigenvalue weighted by Gasteiger charge is -2.10. The van der Waals surface area contributed by atoms with Crippen LogP contribution in [-0.2, 0) is 4.43 Å². The smallest absolute Gasteiger partial charge is 0.255 e. The van der Waals surface area contributed by atoms with Crippen molar-refractivity contribution >= 4 is 28.3 Å². The molecule has 0 unspecified atom stereocenters. The third-order valence-electron chi connectivity index (χ3n) is 2.33. The molecule has 0 aliphatic rings. The van der Waals surface area contributed by atoms with E-state index in [1.165, 1.54) is 0 Å². The fourth-order valence-corrected chi connectivity index (χ4v) is 2.18. The van der Waals surface area contributed by atoms with Gasteiger partial charge in [-0.25, -0.2) is 0 Å². The van der Waals surface area contributed by atoms with Crippen LogP contribution in [0, 0.1) is 0 Å². The number of nitrogen functional groups attached to an aromatic ring is 1. The number of benzene rings is 1. The van der Waals surface area contributed by atoms with Crippen LogP contribution in [0.5, 0.6) is 0 Å². The van der Waals surface area contributed by atoms with Crippen LogP contribution >= 0.6 is 22.6 Å². The summed E-state index contributed by atoms with van der Waals surface area (Å²) in [5, 5.41) is 0. The van der Waals surface area contributed by atoms with E-state index in [2.05, 4.69) is 22.6 Å². The summed E-state index contributed by atoms with van der Waals surface area (Å²) >= 11 is 2.26. The lowest BCUT2D eigenvalue weighted by molar-refractivity contribution is 0.978. The zero-order valence-corrected chi connectivity index (χ0v) is 10.7. The first kappa shape index (κ1) is 11.2. The van der Waals surface area contributed by atoms with Crippen molar-refractivity contribution in [3.63, 3.8) is 0 Å². The Kier molecular flexibility index (Phi) is 3.28. The number of hydrogen-bond acceptors (Lipinski definition) is 2. The molecule has 4 heteroatoms. The zero-order valence-electron chi connectivity index (χ0n) is 8.56. The van der Waals surface area contributed by atoms with Gasteiger partial charge in [0.1, 0.15) is 0 Å². The van der Waals surface area contributed by atoms with Gasteiger partial charge < -0.3 is 5.73 Å². The van der Waals surface area contributed by atoms with Crippen molar-refractivity contribution in [1.29, 1.82) is 0 Å². The average Bonchev–Trinajstić information content (AvgIpc) is 2.30. The molecule has 0 amide bonds. The van der Waals surface area contributed by atoms with Gasteiger partial charge in [0.15, 0.2) is 0 Å². The second kappa shape index (κ2) is 4.69. The molecule has 3 nitrogen and oxygen atoms in total. The van der Waals surface area contributed by atoms with E-state index in [1.54, 1.807) is 22.9 Å². The van der Waals surface area contributed by atoms with Crippen LogP contribution in [0.1, 0.15) is 5.56 Å². The Morgan fingerprint density at radius 2 is 2.06 bits per heavy atom. The predicted octanol–water partition coefficient (Wildman–Crippen LogP) is 2.35. The van der Waals surface area contributed by atoms with Gasteiger partial charge in [-0.2, -0.15) is 0 Å².